The third-order valence-corrected chi connectivity index (χ3v) is 2.34. The van der Waals surface area contributed by atoms with Gasteiger partial charge in [0.05, 0.1) is 0 Å². The fourth-order valence-electron chi connectivity index (χ4n) is 1.72. The van der Waals surface area contributed by atoms with E-state index in [0.29, 0.717) is 0 Å². The van der Waals surface area contributed by atoms with Crippen molar-refractivity contribution in [3.05, 3.63) is 24.3 Å². The summed E-state index contributed by atoms with van der Waals surface area (Å²) in [6.45, 7) is 1.21. The second-order valence-corrected chi connectivity index (χ2v) is 3.15. The van der Waals surface area contributed by atoms with E-state index >= 15 is 0 Å². The van der Waals surface area contributed by atoms with Gasteiger partial charge in [-0.2, -0.15) is 0 Å². The molecular weight excluding hydrogens is 133 g/mol. The van der Waals surface area contributed by atoms with Crippen molar-refractivity contribution in [2.75, 3.05) is 18.5 Å². The molecule has 1 heterocycles. The van der Waals surface area contributed by atoms with Crippen LogP contribution in [0.4, 0.5) is 5.69 Å². The Balaban J connectivity index is 2.44. The molecule has 11 heavy (non-hydrogen) atoms. The number of nitrogens with zero attached hydrogens (tertiary/aromatic N) is 1. The highest BCUT2D eigenvalue weighted by Gasteiger charge is 2.12. The molecule has 0 N–H and O–H groups in total. The van der Waals surface area contributed by atoms with Crippen molar-refractivity contribution in [3.63, 3.8) is 0 Å². The van der Waals surface area contributed by atoms with Crippen LogP contribution in [0, 0.1) is 0 Å². The monoisotopic (exact) mass is 145 g/mol. The lowest BCUT2D eigenvalue weighted by Gasteiger charge is -2.26. The minimum absolute atomic E-state index is 1.21. The maximum atomic E-state index is 2.33. The molecule has 0 saturated heterocycles. The van der Waals surface area contributed by atoms with Gasteiger partial charge in [-0.05, 0) is 6.07 Å². The molecule has 0 spiro atoms. The van der Waals surface area contributed by atoms with E-state index in [0.717, 1.165) is 0 Å². The van der Waals surface area contributed by atoms with Crippen molar-refractivity contribution in [2.45, 2.75) is 6.32 Å². The van der Waals surface area contributed by atoms with Crippen LogP contribution in [-0.2, 0) is 0 Å². The van der Waals surface area contributed by atoms with E-state index in [1.807, 2.05) is 0 Å². The van der Waals surface area contributed by atoms with E-state index in [1.165, 1.54) is 31.3 Å². The standard InChI is InChI=1S/C9H12BN/c1-11-7-6-10-8-4-2-3-5-9(8)11/h2-5,10H,6-7H2,1H3. The minimum atomic E-state index is 1.21. The predicted octanol–water partition coefficient (Wildman–Crippen LogP) is 0.616. The van der Waals surface area contributed by atoms with Crippen molar-refractivity contribution < 1.29 is 0 Å². The van der Waals surface area contributed by atoms with Gasteiger partial charge in [-0.3, -0.25) is 0 Å². The van der Waals surface area contributed by atoms with Crippen LogP contribution in [-0.4, -0.2) is 20.9 Å². The molecule has 0 fully saturated rings. The largest absolute Gasteiger partial charge is 0.376 e. The van der Waals surface area contributed by atoms with E-state index in [4.69, 9.17) is 0 Å². The number of para-hydroxylation sites is 1. The number of anilines is 1. The zero-order valence-corrected chi connectivity index (χ0v) is 6.88. The smallest absolute Gasteiger partial charge is 0.162 e. The molecule has 1 aromatic rings. The van der Waals surface area contributed by atoms with Crippen LogP contribution in [0.5, 0.6) is 0 Å². The van der Waals surface area contributed by atoms with Gasteiger partial charge in [-0.25, -0.2) is 0 Å². The summed E-state index contributed by atoms with van der Waals surface area (Å²) in [4.78, 5) is 2.33. The summed E-state index contributed by atoms with van der Waals surface area (Å²) in [6.07, 6.45) is 1.30. The van der Waals surface area contributed by atoms with Crippen molar-refractivity contribution in [1.82, 2.24) is 0 Å². The summed E-state index contributed by atoms with van der Waals surface area (Å²) in [5, 5.41) is 0. The van der Waals surface area contributed by atoms with Crippen LogP contribution in [0.2, 0.25) is 6.32 Å². The second-order valence-electron chi connectivity index (χ2n) is 3.15. The summed E-state index contributed by atoms with van der Waals surface area (Å²) in [7, 11) is 3.42. The van der Waals surface area contributed by atoms with Gasteiger partial charge in [-0.15, -0.1) is 0 Å². The fraction of sp³-hybridized carbons (Fsp3) is 0.333. The average molecular weight is 145 g/mol. The molecule has 0 radical (unpaired) electrons. The average Bonchev–Trinajstić information content (AvgIpc) is 2.06. The SMILES string of the molecule is CN1CCBc2ccccc21. The van der Waals surface area contributed by atoms with Crippen LogP contribution in [0.15, 0.2) is 24.3 Å². The quantitative estimate of drug-likeness (QED) is 0.483. The van der Waals surface area contributed by atoms with Crippen LogP contribution in [0.1, 0.15) is 0 Å². The lowest BCUT2D eigenvalue weighted by molar-refractivity contribution is 0.955. The Morgan fingerprint density at radius 1 is 1.36 bits per heavy atom. The number of benzene rings is 1. The first-order chi connectivity index (χ1) is 5.38. The molecule has 0 bridgehead atoms. The highest BCUT2D eigenvalue weighted by atomic mass is 15.1. The van der Waals surface area contributed by atoms with Gasteiger partial charge in [0.1, 0.15) is 0 Å². The summed E-state index contributed by atoms with van der Waals surface area (Å²) in [6, 6.07) is 8.66. The molecule has 0 unspecified atom stereocenters. The van der Waals surface area contributed by atoms with Crippen LogP contribution >= 0.6 is 0 Å². The van der Waals surface area contributed by atoms with Gasteiger partial charge >= 0.3 is 0 Å². The maximum absolute atomic E-state index is 2.33. The summed E-state index contributed by atoms with van der Waals surface area (Å²) in [5.74, 6) is 0. The van der Waals surface area contributed by atoms with Crippen LogP contribution in [0.3, 0.4) is 0 Å². The van der Waals surface area contributed by atoms with Crippen LogP contribution in [0.25, 0.3) is 0 Å². The van der Waals surface area contributed by atoms with E-state index in [-0.39, 0.29) is 0 Å². The molecule has 0 saturated carbocycles. The molecule has 1 aliphatic heterocycles. The molecule has 1 aliphatic rings. The van der Waals surface area contributed by atoms with Crippen molar-refractivity contribution in [2.24, 2.45) is 0 Å². The number of hydrogen-bond donors (Lipinski definition) is 0. The zero-order chi connectivity index (χ0) is 7.68. The Labute approximate surface area is 68.3 Å². The molecule has 1 aromatic carbocycles. The summed E-state index contributed by atoms with van der Waals surface area (Å²) >= 11 is 0. The molecule has 1 nitrogen and oxygen atoms in total. The lowest BCUT2D eigenvalue weighted by atomic mass is 9.64. The highest BCUT2D eigenvalue weighted by Crippen LogP contribution is 2.12. The summed E-state index contributed by atoms with van der Waals surface area (Å²) in [5.41, 5.74) is 2.92. The van der Waals surface area contributed by atoms with Gasteiger partial charge in [-0.1, -0.05) is 30.0 Å². The third kappa shape index (κ3) is 1.13. The van der Waals surface area contributed by atoms with Gasteiger partial charge in [0.2, 0.25) is 0 Å². The molecular formula is C9H12BN. The van der Waals surface area contributed by atoms with Gasteiger partial charge in [0.25, 0.3) is 0 Å². The van der Waals surface area contributed by atoms with E-state index in [1.54, 1.807) is 0 Å². The third-order valence-electron chi connectivity index (χ3n) is 2.34. The van der Waals surface area contributed by atoms with Gasteiger partial charge < -0.3 is 4.90 Å². The number of fused-ring (bicyclic) bond motifs is 1. The molecule has 0 aliphatic carbocycles. The van der Waals surface area contributed by atoms with E-state index in [9.17, 15) is 0 Å². The first kappa shape index (κ1) is 6.77. The number of hydrogen-bond acceptors (Lipinski definition) is 1. The predicted molar refractivity (Wildman–Crippen MR) is 51.3 cm³/mol. The molecule has 56 valence electrons. The highest BCUT2D eigenvalue weighted by molar-refractivity contribution is 6.56. The van der Waals surface area contributed by atoms with Crippen molar-refractivity contribution >= 4 is 18.4 Å². The molecule has 0 atom stereocenters. The maximum Gasteiger partial charge on any atom is 0.162 e. The van der Waals surface area contributed by atoms with Gasteiger partial charge in [0.15, 0.2) is 7.28 Å². The van der Waals surface area contributed by atoms with Crippen molar-refractivity contribution in [1.29, 1.82) is 0 Å². The number of rotatable bonds is 0. The Bertz CT molecular complexity index is 259. The van der Waals surface area contributed by atoms with Gasteiger partial charge in [0, 0.05) is 19.3 Å². The van der Waals surface area contributed by atoms with Crippen molar-refractivity contribution in [3.8, 4) is 0 Å². The molecule has 2 rings (SSSR count). The molecule has 0 amide bonds. The Kier molecular flexibility index (Phi) is 1.61. The van der Waals surface area contributed by atoms with Crippen LogP contribution < -0.4 is 10.4 Å². The Hall–Kier alpha value is -0.915. The Morgan fingerprint density at radius 2 is 2.18 bits per heavy atom. The van der Waals surface area contributed by atoms with E-state index < -0.39 is 0 Å². The zero-order valence-electron chi connectivity index (χ0n) is 6.88. The fourth-order valence-corrected chi connectivity index (χ4v) is 1.72. The second kappa shape index (κ2) is 2.61. The summed E-state index contributed by atoms with van der Waals surface area (Å²) < 4.78 is 0. The Morgan fingerprint density at radius 3 is 3.00 bits per heavy atom. The minimum Gasteiger partial charge on any atom is -0.376 e. The first-order valence-electron chi connectivity index (χ1n) is 4.17. The van der Waals surface area contributed by atoms with E-state index in [2.05, 4.69) is 36.2 Å². The first-order valence-corrected chi connectivity index (χ1v) is 4.17. The normalized spacial score (nSPS) is 15.5. The lowest BCUT2D eigenvalue weighted by Crippen LogP contribution is -2.34. The molecule has 2 heteroatoms. The molecule has 0 aromatic heterocycles. The topological polar surface area (TPSA) is 3.24 Å².